The Morgan fingerprint density at radius 2 is 1.90 bits per heavy atom. The summed E-state index contributed by atoms with van der Waals surface area (Å²) in [7, 11) is -3.04. The first-order chi connectivity index (χ1) is 9.34. The second-order valence-electron chi connectivity index (χ2n) is 5.97. The van der Waals surface area contributed by atoms with E-state index in [0.717, 1.165) is 13.0 Å². The van der Waals surface area contributed by atoms with Gasteiger partial charge in [-0.1, -0.05) is 6.92 Å². The molecule has 0 spiro atoms. The van der Waals surface area contributed by atoms with Gasteiger partial charge in [-0.2, -0.15) is 0 Å². The lowest BCUT2D eigenvalue weighted by Crippen LogP contribution is -2.45. The lowest BCUT2D eigenvalue weighted by molar-refractivity contribution is 0.161. The lowest BCUT2D eigenvalue weighted by Gasteiger charge is -2.35. The molecule has 120 valence electrons. The Balaban J connectivity index is 2.16. The van der Waals surface area contributed by atoms with Crippen LogP contribution in [0.2, 0.25) is 0 Å². The van der Waals surface area contributed by atoms with E-state index < -0.39 is 10.0 Å². The van der Waals surface area contributed by atoms with Gasteiger partial charge < -0.3 is 10.2 Å². The Labute approximate surface area is 124 Å². The van der Waals surface area contributed by atoms with Crippen LogP contribution < -0.4 is 5.32 Å². The first-order valence-electron chi connectivity index (χ1n) is 7.77. The van der Waals surface area contributed by atoms with E-state index in [1.165, 1.54) is 36.5 Å². The Morgan fingerprint density at radius 1 is 1.30 bits per heavy atom. The van der Waals surface area contributed by atoms with Gasteiger partial charge in [-0.25, -0.2) is 12.7 Å². The summed E-state index contributed by atoms with van der Waals surface area (Å²) in [4.78, 5) is 2.51. The standard InChI is InChI=1S/C14H31N3O2S/c1-5-17(20(4,18)19)10-6-9-15-14-7-11-16(12-8-14)13(2)3/h13-15H,5-12H2,1-4H3. The van der Waals surface area contributed by atoms with Crippen molar-refractivity contribution in [2.24, 2.45) is 0 Å². The first-order valence-corrected chi connectivity index (χ1v) is 9.62. The minimum Gasteiger partial charge on any atom is -0.314 e. The topological polar surface area (TPSA) is 52.6 Å². The molecule has 5 nitrogen and oxygen atoms in total. The Kier molecular flexibility index (Phi) is 7.43. The molecule has 0 aliphatic carbocycles. The van der Waals surface area contributed by atoms with E-state index >= 15 is 0 Å². The molecule has 0 aromatic rings. The monoisotopic (exact) mass is 305 g/mol. The highest BCUT2D eigenvalue weighted by Gasteiger charge is 2.20. The number of likely N-dealkylation sites (tertiary alicyclic amines) is 1. The summed E-state index contributed by atoms with van der Waals surface area (Å²) in [6.45, 7) is 10.8. The SMILES string of the molecule is CCN(CCCNC1CCN(C(C)C)CC1)S(C)(=O)=O. The van der Waals surface area contributed by atoms with Crippen LogP contribution in [0.4, 0.5) is 0 Å². The fourth-order valence-corrected chi connectivity index (χ4v) is 3.67. The highest BCUT2D eigenvalue weighted by molar-refractivity contribution is 7.88. The maximum absolute atomic E-state index is 11.5. The molecule has 1 saturated heterocycles. The van der Waals surface area contributed by atoms with Gasteiger partial charge in [0.15, 0.2) is 0 Å². The van der Waals surface area contributed by atoms with Crippen LogP contribution in [-0.2, 0) is 10.0 Å². The smallest absolute Gasteiger partial charge is 0.211 e. The van der Waals surface area contributed by atoms with Crippen molar-refractivity contribution in [3.05, 3.63) is 0 Å². The molecule has 0 aromatic heterocycles. The number of hydrogen-bond acceptors (Lipinski definition) is 4. The summed E-state index contributed by atoms with van der Waals surface area (Å²) in [5, 5.41) is 3.56. The highest BCUT2D eigenvalue weighted by atomic mass is 32.2. The fraction of sp³-hybridized carbons (Fsp3) is 1.00. The van der Waals surface area contributed by atoms with Crippen LogP contribution in [0.1, 0.15) is 40.0 Å². The Morgan fingerprint density at radius 3 is 2.35 bits per heavy atom. The number of nitrogens with one attached hydrogen (secondary N) is 1. The molecule has 0 saturated carbocycles. The van der Waals surface area contributed by atoms with E-state index in [9.17, 15) is 8.42 Å². The van der Waals surface area contributed by atoms with Gasteiger partial charge in [0.2, 0.25) is 10.0 Å². The molecule has 1 aliphatic rings. The third kappa shape index (κ3) is 6.08. The van der Waals surface area contributed by atoms with Gasteiger partial charge in [-0.15, -0.1) is 0 Å². The second-order valence-corrected chi connectivity index (χ2v) is 7.95. The van der Waals surface area contributed by atoms with E-state index in [-0.39, 0.29) is 0 Å². The number of hydrogen-bond donors (Lipinski definition) is 1. The van der Waals surface area contributed by atoms with E-state index in [4.69, 9.17) is 0 Å². The van der Waals surface area contributed by atoms with Crippen LogP contribution in [0, 0.1) is 0 Å². The van der Waals surface area contributed by atoms with Crippen molar-refractivity contribution in [3.8, 4) is 0 Å². The molecule has 0 aromatic carbocycles. The number of rotatable bonds is 8. The molecule has 0 bridgehead atoms. The third-order valence-corrected chi connectivity index (χ3v) is 5.48. The molecule has 1 heterocycles. The fourth-order valence-electron chi connectivity index (χ4n) is 2.74. The van der Waals surface area contributed by atoms with Crippen molar-refractivity contribution in [3.63, 3.8) is 0 Å². The zero-order valence-electron chi connectivity index (χ0n) is 13.4. The van der Waals surface area contributed by atoms with Crippen LogP contribution in [0.15, 0.2) is 0 Å². The molecule has 1 fully saturated rings. The van der Waals surface area contributed by atoms with Gasteiger partial charge in [0, 0.05) is 25.2 Å². The van der Waals surface area contributed by atoms with Gasteiger partial charge in [0.1, 0.15) is 0 Å². The van der Waals surface area contributed by atoms with Gasteiger partial charge in [-0.3, -0.25) is 0 Å². The quantitative estimate of drug-likeness (QED) is 0.683. The predicted molar refractivity (Wildman–Crippen MR) is 84.4 cm³/mol. The number of sulfonamides is 1. The highest BCUT2D eigenvalue weighted by Crippen LogP contribution is 2.12. The molecule has 1 rings (SSSR count). The molecule has 1 N–H and O–H groups in total. The summed E-state index contributed by atoms with van der Waals surface area (Å²) in [5.41, 5.74) is 0. The maximum atomic E-state index is 11.5. The van der Waals surface area contributed by atoms with Gasteiger partial charge in [0.05, 0.1) is 6.26 Å². The maximum Gasteiger partial charge on any atom is 0.211 e. The summed E-state index contributed by atoms with van der Waals surface area (Å²) in [5.74, 6) is 0. The normalized spacial score (nSPS) is 19.1. The van der Waals surface area contributed by atoms with Gasteiger partial charge >= 0.3 is 0 Å². The molecular formula is C14H31N3O2S. The summed E-state index contributed by atoms with van der Waals surface area (Å²) in [6, 6.07) is 1.24. The van der Waals surface area contributed by atoms with Crippen molar-refractivity contribution < 1.29 is 8.42 Å². The minimum atomic E-state index is -3.04. The lowest BCUT2D eigenvalue weighted by atomic mass is 10.0. The molecule has 0 amide bonds. The van der Waals surface area contributed by atoms with Crippen LogP contribution in [-0.4, -0.2) is 68.7 Å². The molecule has 0 radical (unpaired) electrons. The van der Waals surface area contributed by atoms with Crippen LogP contribution >= 0.6 is 0 Å². The molecule has 20 heavy (non-hydrogen) atoms. The van der Waals surface area contributed by atoms with Crippen molar-refractivity contribution in [1.82, 2.24) is 14.5 Å². The predicted octanol–water partition coefficient (Wildman–Crippen LogP) is 1.12. The van der Waals surface area contributed by atoms with Gasteiger partial charge in [0.25, 0.3) is 0 Å². The molecule has 0 atom stereocenters. The number of piperidine rings is 1. The van der Waals surface area contributed by atoms with Crippen LogP contribution in [0.3, 0.4) is 0 Å². The average molecular weight is 305 g/mol. The summed E-state index contributed by atoms with van der Waals surface area (Å²) in [6.07, 6.45) is 4.56. The second kappa shape index (κ2) is 8.32. The van der Waals surface area contributed by atoms with E-state index in [1.807, 2.05) is 6.92 Å². The zero-order valence-corrected chi connectivity index (χ0v) is 14.2. The largest absolute Gasteiger partial charge is 0.314 e. The molecule has 1 aliphatic heterocycles. The zero-order chi connectivity index (χ0) is 15.2. The molecule has 0 unspecified atom stereocenters. The van der Waals surface area contributed by atoms with Crippen molar-refractivity contribution >= 4 is 10.0 Å². The number of nitrogens with zero attached hydrogens (tertiary/aromatic N) is 2. The first kappa shape index (κ1) is 17.9. The Bertz CT molecular complexity index is 363. The third-order valence-electron chi connectivity index (χ3n) is 4.10. The van der Waals surface area contributed by atoms with Crippen molar-refractivity contribution in [2.45, 2.75) is 52.1 Å². The Hall–Kier alpha value is -0.170. The molecular weight excluding hydrogens is 274 g/mol. The summed E-state index contributed by atoms with van der Waals surface area (Å²) >= 11 is 0. The van der Waals surface area contributed by atoms with Crippen LogP contribution in [0.5, 0.6) is 0 Å². The molecule has 6 heteroatoms. The van der Waals surface area contributed by atoms with Crippen LogP contribution in [0.25, 0.3) is 0 Å². The average Bonchev–Trinajstić information content (AvgIpc) is 2.37. The van der Waals surface area contributed by atoms with Crippen molar-refractivity contribution in [1.29, 1.82) is 0 Å². The van der Waals surface area contributed by atoms with E-state index in [0.29, 0.717) is 25.2 Å². The summed E-state index contributed by atoms with van der Waals surface area (Å²) < 4.78 is 24.5. The van der Waals surface area contributed by atoms with Gasteiger partial charge in [-0.05, 0) is 52.7 Å². The van der Waals surface area contributed by atoms with E-state index in [2.05, 4.69) is 24.1 Å². The van der Waals surface area contributed by atoms with E-state index in [1.54, 1.807) is 0 Å². The van der Waals surface area contributed by atoms with Crippen molar-refractivity contribution in [2.75, 3.05) is 39.0 Å². The minimum absolute atomic E-state index is 0.561.